The Morgan fingerprint density at radius 3 is 3.12 bits per heavy atom. The number of carbonyl (C=O) groups excluding carboxylic acids is 1. The maximum Gasteiger partial charge on any atom is 0.317 e. The van der Waals surface area contributed by atoms with E-state index in [4.69, 9.17) is 4.74 Å². The molecule has 1 atom stereocenters. The van der Waals surface area contributed by atoms with Crippen molar-refractivity contribution < 1.29 is 9.53 Å². The van der Waals surface area contributed by atoms with Gasteiger partial charge >= 0.3 is 6.03 Å². The smallest absolute Gasteiger partial charge is 0.317 e. The van der Waals surface area contributed by atoms with E-state index in [0.717, 1.165) is 16.9 Å². The summed E-state index contributed by atoms with van der Waals surface area (Å²) in [6.45, 7) is 2.21. The quantitative estimate of drug-likeness (QED) is 0.924. The van der Waals surface area contributed by atoms with E-state index in [0.29, 0.717) is 26.2 Å². The van der Waals surface area contributed by atoms with Crippen molar-refractivity contribution in [1.82, 2.24) is 15.2 Å². The SMILES string of the molecule is CN(C)c1ncccc1CNC(=O)N1CCO[C@@H](c2ccsc2)C1. The Morgan fingerprint density at radius 1 is 1.50 bits per heavy atom. The monoisotopic (exact) mass is 346 g/mol. The lowest BCUT2D eigenvalue weighted by atomic mass is 10.1. The number of aromatic nitrogens is 1. The lowest BCUT2D eigenvalue weighted by molar-refractivity contribution is -0.0152. The molecule has 1 fully saturated rings. The molecule has 1 N–H and O–H groups in total. The van der Waals surface area contributed by atoms with Crippen LogP contribution in [0, 0.1) is 0 Å². The molecule has 0 aromatic carbocycles. The van der Waals surface area contributed by atoms with Crippen LogP contribution >= 0.6 is 11.3 Å². The van der Waals surface area contributed by atoms with Crippen molar-refractivity contribution in [2.24, 2.45) is 0 Å². The summed E-state index contributed by atoms with van der Waals surface area (Å²) >= 11 is 1.64. The Kier molecular flexibility index (Phi) is 5.32. The Morgan fingerprint density at radius 2 is 2.38 bits per heavy atom. The molecule has 0 aliphatic carbocycles. The van der Waals surface area contributed by atoms with Crippen LogP contribution in [0.5, 0.6) is 0 Å². The van der Waals surface area contributed by atoms with Gasteiger partial charge in [-0.1, -0.05) is 6.07 Å². The van der Waals surface area contributed by atoms with Crippen molar-refractivity contribution in [1.29, 1.82) is 0 Å². The van der Waals surface area contributed by atoms with Crippen molar-refractivity contribution in [2.45, 2.75) is 12.6 Å². The molecule has 3 heterocycles. The van der Waals surface area contributed by atoms with E-state index >= 15 is 0 Å². The topological polar surface area (TPSA) is 57.7 Å². The van der Waals surface area contributed by atoms with Crippen LogP contribution in [0.25, 0.3) is 0 Å². The number of hydrogen-bond acceptors (Lipinski definition) is 5. The van der Waals surface area contributed by atoms with Crippen LogP contribution in [-0.4, -0.2) is 49.7 Å². The summed E-state index contributed by atoms with van der Waals surface area (Å²) in [6, 6.07) is 5.86. The maximum atomic E-state index is 12.5. The fraction of sp³-hybridized carbons (Fsp3) is 0.412. The van der Waals surface area contributed by atoms with Crippen molar-refractivity contribution in [3.05, 3.63) is 46.3 Å². The van der Waals surface area contributed by atoms with E-state index in [1.165, 1.54) is 0 Å². The summed E-state index contributed by atoms with van der Waals surface area (Å²) in [7, 11) is 3.89. The molecule has 6 nitrogen and oxygen atoms in total. The van der Waals surface area contributed by atoms with Crippen LogP contribution in [0.3, 0.4) is 0 Å². The Hall–Kier alpha value is -2.12. The molecule has 2 amide bonds. The van der Waals surface area contributed by atoms with Crippen molar-refractivity contribution in [3.8, 4) is 0 Å². The Labute approximate surface area is 146 Å². The number of hydrogen-bond donors (Lipinski definition) is 1. The van der Waals surface area contributed by atoms with Gasteiger partial charge in [-0.15, -0.1) is 0 Å². The summed E-state index contributed by atoms with van der Waals surface area (Å²) in [4.78, 5) is 20.6. The second-order valence-corrected chi connectivity index (χ2v) is 6.68. The second-order valence-electron chi connectivity index (χ2n) is 5.90. The summed E-state index contributed by atoms with van der Waals surface area (Å²) in [5, 5.41) is 7.10. The maximum absolute atomic E-state index is 12.5. The molecule has 128 valence electrons. The van der Waals surface area contributed by atoms with Gasteiger partial charge in [-0.25, -0.2) is 9.78 Å². The van der Waals surface area contributed by atoms with Crippen LogP contribution in [0.15, 0.2) is 35.2 Å². The molecule has 2 aromatic heterocycles. The van der Waals surface area contributed by atoms with Crippen LogP contribution < -0.4 is 10.2 Å². The highest BCUT2D eigenvalue weighted by molar-refractivity contribution is 7.07. The second kappa shape index (κ2) is 7.63. The van der Waals surface area contributed by atoms with E-state index in [9.17, 15) is 4.79 Å². The fourth-order valence-electron chi connectivity index (χ4n) is 2.75. The van der Waals surface area contributed by atoms with Crippen molar-refractivity contribution in [2.75, 3.05) is 38.7 Å². The number of nitrogens with zero attached hydrogens (tertiary/aromatic N) is 3. The van der Waals surface area contributed by atoms with Gasteiger partial charge in [-0.05, 0) is 28.5 Å². The van der Waals surface area contributed by atoms with Gasteiger partial charge in [0.2, 0.25) is 0 Å². The van der Waals surface area contributed by atoms with Crippen LogP contribution in [0.2, 0.25) is 0 Å². The number of urea groups is 1. The van der Waals surface area contributed by atoms with Gasteiger partial charge in [0, 0.05) is 38.9 Å². The number of carbonyl (C=O) groups is 1. The number of nitrogens with one attached hydrogen (secondary N) is 1. The van der Waals surface area contributed by atoms with Gasteiger partial charge in [0.1, 0.15) is 11.9 Å². The van der Waals surface area contributed by atoms with Gasteiger partial charge in [-0.2, -0.15) is 11.3 Å². The number of anilines is 1. The molecular formula is C17H22N4O2S. The number of thiophene rings is 1. The predicted octanol–water partition coefficient (Wildman–Crippen LogP) is 2.49. The van der Waals surface area contributed by atoms with Gasteiger partial charge in [0.25, 0.3) is 0 Å². The predicted molar refractivity (Wildman–Crippen MR) is 95.4 cm³/mol. The number of pyridine rings is 1. The normalized spacial score (nSPS) is 17.6. The molecule has 0 unspecified atom stereocenters. The summed E-state index contributed by atoms with van der Waals surface area (Å²) in [5.74, 6) is 0.871. The molecule has 0 spiro atoms. The average molecular weight is 346 g/mol. The highest BCUT2D eigenvalue weighted by Crippen LogP contribution is 2.24. The van der Waals surface area contributed by atoms with Gasteiger partial charge < -0.3 is 19.9 Å². The van der Waals surface area contributed by atoms with Crippen LogP contribution in [-0.2, 0) is 11.3 Å². The van der Waals surface area contributed by atoms with E-state index in [-0.39, 0.29) is 12.1 Å². The third-order valence-corrected chi connectivity index (χ3v) is 4.69. The minimum absolute atomic E-state index is 0.0357. The zero-order chi connectivity index (χ0) is 16.9. The van der Waals surface area contributed by atoms with E-state index < -0.39 is 0 Å². The highest BCUT2D eigenvalue weighted by Gasteiger charge is 2.25. The first-order valence-electron chi connectivity index (χ1n) is 7.93. The number of amides is 2. The minimum Gasteiger partial charge on any atom is -0.370 e. The summed E-state index contributed by atoms with van der Waals surface area (Å²) in [6.07, 6.45) is 1.72. The highest BCUT2D eigenvalue weighted by atomic mass is 32.1. The largest absolute Gasteiger partial charge is 0.370 e. The molecule has 0 bridgehead atoms. The van der Waals surface area contributed by atoms with Gasteiger partial charge in [0.15, 0.2) is 0 Å². The Bertz CT molecular complexity index is 675. The lowest BCUT2D eigenvalue weighted by Gasteiger charge is -2.32. The van der Waals surface area contributed by atoms with E-state index in [1.807, 2.05) is 41.4 Å². The van der Waals surface area contributed by atoms with Gasteiger partial charge in [-0.3, -0.25) is 0 Å². The van der Waals surface area contributed by atoms with Crippen LogP contribution in [0.4, 0.5) is 10.6 Å². The van der Waals surface area contributed by atoms with E-state index in [1.54, 1.807) is 17.5 Å². The van der Waals surface area contributed by atoms with E-state index in [2.05, 4.69) is 21.7 Å². The fourth-order valence-corrected chi connectivity index (χ4v) is 3.45. The molecule has 1 aliphatic heterocycles. The first-order valence-corrected chi connectivity index (χ1v) is 8.87. The van der Waals surface area contributed by atoms with Crippen molar-refractivity contribution in [3.63, 3.8) is 0 Å². The van der Waals surface area contributed by atoms with Crippen LogP contribution in [0.1, 0.15) is 17.2 Å². The number of morpholine rings is 1. The molecule has 1 aliphatic rings. The standard InChI is InChI=1S/C17H22N4O2S/c1-20(2)16-13(4-3-6-18-16)10-19-17(22)21-7-8-23-15(11-21)14-5-9-24-12-14/h3-6,9,12,15H,7-8,10-11H2,1-2H3,(H,19,22)/t15-/m1/s1. The molecule has 1 saturated heterocycles. The third-order valence-electron chi connectivity index (χ3n) is 3.99. The van der Waals surface area contributed by atoms with Crippen molar-refractivity contribution >= 4 is 23.2 Å². The molecule has 0 radical (unpaired) electrons. The first-order chi connectivity index (χ1) is 11.6. The zero-order valence-electron chi connectivity index (χ0n) is 13.9. The average Bonchev–Trinajstić information content (AvgIpc) is 3.14. The summed E-state index contributed by atoms with van der Waals surface area (Å²) in [5.41, 5.74) is 2.14. The zero-order valence-corrected chi connectivity index (χ0v) is 14.8. The third kappa shape index (κ3) is 3.85. The Balaban J connectivity index is 1.59. The molecule has 7 heteroatoms. The molecular weight excluding hydrogens is 324 g/mol. The lowest BCUT2D eigenvalue weighted by Crippen LogP contribution is -2.47. The molecule has 24 heavy (non-hydrogen) atoms. The molecule has 0 saturated carbocycles. The van der Waals surface area contributed by atoms with Gasteiger partial charge in [0.05, 0.1) is 13.2 Å². The molecule has 2 aromatic rings. The number of ether oxygens (including phenoxy) is 1. The summed E-state index contributed by atoms with van der Waals surface area (Å²) < 4.78 is 5.78. The first kappa shape index (κ1) is 16.7. The molecule has 3 rings (SSSR count). The minimum atomic E-state index is -0.0629. The number of rotatable bonds is 4.